The molecule has 1 aliphatic rings. The summed E-state index contributed by atoms with van der Waals surface area (Å²) in [5.41, 5.74) is 1.70. The molecule has 0 saturated carbocycles. The molecule has 1 fully saturated rings. The zero-order valence-electron chi connectivity index (χ0n) is 10.3. The summed E-state index contributed by atoms with van der Waals surface area (Å²) in [4.78, 5) is 14.2. The minimum absolute atomic E-state index is 0.0153. The van der Waals surface area contributed by atoms with Gasteiger partial charge in [-0.25, -0.2) is 0 Å². The molecule has 0 N–H and O–H groups in total. The second-order valence-corrected chi connectivity index (χ2v) is 5.59. The third-order valence-corrected chi connectivity index (χ3v) is 3.80. The molecule has 1 atom stereocenters. The molecule has 1 unspecified atom stereocenters. The molecular formula is C14H15BrN2O. The van der Waals surface area contributed by atoms with Gasteiger partial charge in [0.1, 0.15) is 0 Å². The van der Waals surface area contributed by atoms with Gasteiger partial charge in [-0.1, -0.05) is 15.9 Å². The van der Waals surface area contributed by atoms with Crippen molar-refractivity contribution in [3.8, 4) is 6.07 Å². The van der Waals surface area contributed by atoms with Gasteiger partial charge < -0.3 is 4.90 Å². The van der Waals surface area contributed by atoms with Crippen molar-refractivity contribution in [2.75, 3.05) is 13.1 Å². The predicted molar refractivity (Wildman–Crippen MR) is 73.1 cm³/mol. The van der Waals surface area contributed by atoms with Gasteiger partial charge in [-0.3, -0.25) is 4.79 Å². The van der Waals surface area contributed by atoms with Crippen LogP contribution in [0.4, 0.5) is 0 Å². The van der Waals surface area contributed by atoms with Gasteiger partial charge in [0.15, 0.2) is 0 Å². The molecule has 0 spiro atoms. The smallest absolute Gasteiger partial charge is 0.254 e. The van der Waals surface area contributed by atoms with E-state index in [2.05, 4.69) is 22.0 Å². The molecule has 4 heteroatoms. The van der Waals surface area contributed by atoms with Gasteiger partial charge in [0.2, 0.25) is 0 Å². The molecule has 18 heavy (non-hydrogen) atoms. The molecule has 1 amide bonds. The first-order valence-corrected chi connectivity index (χ1v) is 6.86. The fourth-order valence-corrected chi connectivity index (χ4v) is 2.78. The lowest BCUT2D eigenvalue weighted by molar-refractivity contribution is 0.0698. The van der Waals surface area contributed by atoms with Crippen molar-refractivity contribution < 1.29 is 4.79 Å². The van der Waals surface area contributed by atoms with Crippen LogP contribution in [0.5, 0.6) is 0 Å². The number of nitrogens with zero attached hydrogens (tertiary/aromatic N) is 2. The number of benzene rings is 1. The Bertz CT molecular complexity index is 507. The third kappa shape index (κ3) is 2.73. The summed E-state index contributed by atoms with van der Waals surface area (Å²) in [5, 5.41) is 8.96. The summed E-state index contributed by atoms with van der Waals surface area (Å²) in [6, 6.07) is 7.93. The van der Waals surface area contributed by atoms with Gasteiger partial charge in [-0.05, 0) is 43.5 Å². The number of amides is 1. The molecule has 94 valence electrons. The summed E-state index contributed by atoms with van der Waals surface area (Å²) in [6.07, 6.45) is 1.82. The minimum atomic E-state index is -0.0153. The number of hydrogen-bond donors (Lipinski definition) is 0. The van der Waals surface area contributed by atoms with E-state index >= 15 is 0 Å². The van der Waals surface area contributed by atoms with Crippen LogP contribution in [0.2, 0.25) is 0 Å². The van der Waals surface area contributed by atoms with E-state index in [4.69, 9.17) is 5.26 Å². The molecule has 1 heterocycles. The molecular weight excluding hydrogens is 292 g/mol. The molecule has 1 aromatic rings. The first kappa shape index (κ1) is 13.1. The van der Waals surface area contributed by atoms with Gasteiger partial charge in [0.25, 0.3) is 5.91 Å². The van der Waals surface area contributed by atoms with Crippen molar-refractivity contribution in [1.29, 1.82) is 5.26 Å². The standard InChI is InChI=1S/C14H15BrN2O/c1-10-7-12(15)4-5-13(10)14(18)17-6-2-3-11(8-16)9-17/h4-5,7,11H,2-3,6,9H2,1H3. The molecule has 0 aromatic heterocycles. The maximum Gasteiger partial charge on any atom is 0.254 e. The lowest BCUT2D eigenvalue weighted by atomic mass is 9.98. The van der Waals surface area contributed by atoms with E-state index in [9.17, 15) is 4.79 Å². The molecule has 1 aliphatic heterocycles. The van der Waals surface area contributed by atoms with Crippen LogP contribution in [0, 0.1) is 24.2 Å². The van der Waals surface area contributed by atoms with Gasteiger partial charge in [0.05, 0.1) is 12.0 Å². The number of carbonyl (C=O) groups excluding carboxylic acids is 1. The largest absolute Gasteiger partial charge is 0.337 e. The van der Waals surface area contributed by atoms with Crippen LogP contribution in [0.1, 0.15) is 28.8 Å². The van der Waals surface area contributed by atoms with Crippen LogP contribution in [-0.2, 0) is 0 Å². The van der Waals surface area contributed by atoms with Gasteiger partial charge in [-0.15, -0.1) is 0 Å². The van der Waals surface area contributed by atoms with Crippen LogP contribution in [0.15, 0.2) is 22.7 Å². The van der Waals surface area contributed by atoms with E-state index in [0.717, 1.165) is 35.0 Å². The van der Waals surface area contributed by atoms with E-state index in [1.54, 1.807) is 4.90 Å². The molecule has 3 nitrogen and oxygen atoms in total. The number of aryl methyl sites for hydroxylation is 1. The van der Waals surface area contributed by atoms with Crippen molar-refractivity contribution in [2.24, 2.45) is 5.92 Å². The highest BCUT2D eigenvalue weighted by atomic mass is 79.9. The van der Waals surface area contributed by atoms with Crippen LogP contribution in [0.3, 0.4) is 0 Å². The number of hydrogen-bond acceptors (Lipinski definition) is 2. The SMILES string of the molecule is Cc1cc(Br)ccc1C(=O)N1CCCC(C#N)C1. The van der Waals surface area contributed by atoms with E-state index in [1.165, 1.54) is 0 Å². The van der Waals surface area contributed by atoms with Crippen LogP contribution >= 0.6 is 15.9 Å². The van der Waals surface area contributed by atoms with E-state index < -0.39 is 0 Å². The maximum absolute atomic E-state index is 12.4. The normalized spacial score (nSPS) is 19.4. The summed E-state index contributed by atoms with van der Waals surface area (Å²) < 4.78 is 0.977. The van der Waals surface area contributed by atoms with Crippen molar-refractivity contribution in [1.82, 2.24) is 4.90 Å². The Hall–Kier alpha value is -1.34. The van der Waals surface area contributed by atoms with Crippen LogP contribution < -0.4 is 0 Å². The fourth-order valence-electron chi connectivity index (χ4n) is 2.30. The molecule has 1 saturated heterocycles. The Labute approximate surface area is 116 Å². The Morgan fingerprint density at radius 1 is 1.56 bits per heavy atom. The predicted octanol–water partition coefficient (Wildman–Crippen LogP) is 3.13. The monoisotopic (exact) mass is 306 g/mol. The molecule has 1 aromatic carbocycles. The number of rotatable bonds is 1. The topological polar surface area (TPSA) is 44.1 Å². The minimum Gasteiger partial charge on any atom is -0.337 e. The second-order valence-electron chi connectivity index (χ2n) is 4.68. The van der Waals surface area contributed by atoms with E-state index in [-0.39, 0.29) is 11.8 Å². The summed E-state index contributed by atoms with van der Waals surface area (Å²) in [7, 11) is 0. The van der Waals surface area contributed by atoms with E-state index in [0.29, 0.717) is 6.54 Å². The van der Waals surface area contributed by atoms with Crippen molar-refractivity contribution >= 4 is 21.8 Å². The number of piperidine rings is 1. The first-order chi connectivity index (χ1) is 8.61. The lowest BCUT2D eigenvalue weighted by Gasteiger charge is -2.30. The Balaban J connectivity index is 2.18. The number of carbonyl (C=O) groups is 1. The highest BCUT2D eigenvalue weighted by Gasteiger charge is 2.24. The van der Waals surface area contributed by atoms with Gasteiger partial charge >= 0.3 is 0 Å². The average molecular weight is 307 g/mol. The Kier molecular flexibility index (Phi) is 4.03. The zero-order valence-corrected chi connectivity index (χ0v) is 11.9. The molecule has 0 radical (unpaired) electrons. The molecule has 2 rings (SSSR count). The maximum atomic E-state index is 12.4. The van der Waals surface area contributed by atoms with Crippen molar-refractivity contribution in [3.05, 3.63) is 33.8 Å². The molecule has 0 bridgehead atoms. The number of halogens is 1. The highest BCUT2D eigenvalue weighted by Crippen LogP contribution is 2.21. The Morgan fingerprint density at radius 2 is 2.33 bits per heavy atom. The first-order valence-electron chi connectivity index (χ1n) is 6.07. The highest BCUT2D eigenvalue weighted by molar-refractivity contribution is 9.10. The van der Waals surface area contributed by atoms with Gasteiger partial charge in [-0.2, -0.15) is 5.26 Å². The fraction of sp³-hybridized carbons (Fsp3) is 0.429. The van der Waals surface area contributed by atoms with Crippen molar-refractivity contribution in [3.63, 3.8) is 0 Å². The zero-order chi connectivity index (χ0) is 13.1. The summed E-state index contributed by atoms with van der Waals surface area (Å²) in [5.74, 6) is 0.0263. The number of likely N-dealkylation sites (tertiary alicyclic amines) is 1. The van der Waals surface area contributed by atoms with Crippen LogP contribution in [0.25, 0.3) is 0 Å². The van der Waals surface area contributed by atoms with Crippen LogP contribution in [-0.4, -0.2) is 23.9 Å². The Morgan fingerprint density at radius 3 is 3.00 bits per heavy atom. The second kappa shape index (κ2) is 5.53. The number of nitriles is 1. The van der Waals surface area contributed by atoms with Gasteiger partial charge in [0, 0.05) is 23.1 Å². The van der Waals surface area contributed by atoms with Crippen molar-refractivity contribution in [2.45, 2.75) is 19.8 Å². The quantitative estimate of drug-likeness (QED) is 0.800. The third-order valence-electron chi connectivity index (χ3n) is 3.31. The average Bonchev–Trinajstić information content (AvgIpc) is 2.38. The summed E-state index contributed by atoms with van der Waals surface area (Å²) >= 11 is 3.39. The van der Waals surface area contributed by atoms with E-state index in [1.807, 2.05) is 25.1 Å². The molecule has 0 aliphatic carbocycles. The summed E-state index contributed by atoms with van der Waals surface area (Å²) in [6.45, 7) is 3.25. The lowest BCUT2D eigenvalue weighted by Crippen LogP contribution is -2.39.